The minimum absolute atomic E-state index is 0.317. The summed E-state index contributed by atoms with van der Waals surface area (Å²) in [7, 11) is 0. The maximum atomic E-state index is 13.3. The summed E-state index contributed by atoms with van der Waals surface area (Å²) in [6, 6.07) is 10.0. The lowest BCUT2D eigenvalue weighted by atomic mass is 10.2. The Hall–Kier alpha value is -2.05. The minimum Gasteiger partial charge on any atom is -0.486 e. The summed E-state index contributed by atoms with van der Waals surface area (Å²) in [5.41, 5.74) is 2.27. The summed E-state index contributed by atoms with van der Waals surface area (Å²) in [6.45, 7) is 2.24. The Bertz CT molecular complexity index is 676. The van der Waals surface area contributed by atoms with Gasteiger partial charge in [-0.15, -0.1) is 11.6 Å². The molecule has 0 amide bonds. The van der Waals surface area contributed by atoms with E-state index in [1.807, 2.05) is 25.1 Å². The van der Waals surface area contributed by atoms with Gasteiger partial charge in [0.25, 0.3) is 0 Å². The highest BCUT2D eigenvalue weighted by Gasteiger charge is 2.04. The second kappa shape index (κ2) is 7.66. The maximum Gasteiger partial charge on any atom is 0.135 e. The van der Waals surface area contributed by atoms with Crippen molar-refractivity contribution in [1.82, 2.24) is 4.98 Å². The van der Waals surface area contributed by atoms with Gasteiger partial charge in [-0.05, 0) is 37.3 Å². The molecule has 0 radical (unpaired) electrons. The summed E-state index contributed by atoms with van der Waals surface area (Å²) in [6.07, 6.45) is 0.553. The van der Waals surface area contributed by atoms with E-state index in [0.29, 0.717) is 30.2 Å². The normalized spacial score (nSPS) is 9.86. The zero-order valence-electron chi connectivity index (χ0n) is 11.7. The molecule has 0 bridgehead atoms. The molecule has 21 heavy (non-hydrogen) atoms. The van der Waals surface area contributed by atoms with Crippen molar-refractivity contribution >= 4 is 11.6 Å². The third-order valence-corrected chi connectivity index (χ3v) is 2.89. The van der Waals surface area contributed by atoms with E-state index in [9.17, 15) is 4.39 Å². The highest BCUT2D eigenvalue weighted by molar-refractivity contribution is 6.18. The van der Waals surface area contributed by atoms with E-state index in [-0.39, 0.29) is 5.82 Å². The van der Waals surface area contributed by atoms with E-state index in [1.165, 1.54) is 12.1 Å². The molecule has 108 valence electrons. The van der Waals surface area contributed by atoms with Crippen LogP contribution in [-0.2, 0) is 6.61 Å². The fourth-order valence-electron chi connectivity index (χ4n) is 1.76. The molecule has 0 atom stereocenters. The molecular formula is C17H15ClFNO. The molecule has 0 aliphatic heterocycles. The lowest BCUT2D eigenvalue weighted by molar-refractivity contribution is 0.300. The molecule has 0 aliphatic rings. The summed E-state index contributed by atoms with van der Waals surface area (Å²) in [5, 5.41) is 0. The number of halogens is 2. The molecular weight excluding hydrogens is 289 g/mol. The van der Waals surface area contributed by atoms with Crippen molar-refractivity contribution in [3.63, 3.8) is 0 Å². The van der Waals surface area contributed by atoms with Crippen LogP contribution >= 0.6 is 11.6 Å². The van der Waals surface area contributed by atoms with Gasteiger partial charge in [0.05, 0.1) is 11.3 Å². The van der Waals surface area contributed by atoms with Crippen LogP contribution in [0.5, 0.6) is 5.75 Å². The Morgan fingerprint density at radius 2 is 2.14 bits per heavy atom. The van der Waals surface area contributed by atoms with Gasteiger partial charge in [-0.25, -0.2) is 4.39 Å². The number of rotatable bonds is 4. The van der Waals surface area contributed by atoms with Gasteiger partial charge in [0.2, 0.25) is 0 Å². The Labute approximate surface area is 128 Å². The second-order valence-electron chi connectivity index (χ2n) is 4.44. The average Bonchev–Trinajstić information content (AvgIpc) is 2.47. The SMILES string of the molecule is Cc1cccc(COc2ccc(F)cc2C#CCCCl)n1. The molecule has 4 heteroatoms. The first-order chi connectivity index (χ1) is 10.2. The van der Waals surface area contributed by atoms with E-state index in [0.717, 1.165) is 11.4 Å². The van der Waals surface area contributed by atoms with Crippen LogP contribution in [-0.4, -0.2) is 10.9 Å². The van der Waals surface area contributed by atoms with Crippen LogP contribution in [0.4, 0.5) is 4.39 Å². The van der Waals surface area contributed by atoms with Gasteiger partial charge in [-0.1, -0.05) is 17.9 Å². The van der Waals surface area contributed by atoms with Gasteiger partial charge in [-0.3, -0.25) is 4.98 Å². The molecule has 1 aromatic heterocycles. The van der Waals surface area contributed by atoms with Gasteiger partial charge in [0.1, 0.15) is 18.2 Å². The molecule has 2 aromatic rings. The third kappa shape index (κ3) is 4.77. The van der Waals surface area contributed by atoms with Crippen molar-refractivity contribution in [3.05, 3.63) is 59.2 Å². The highest BCUT2D eigenvalue weighted by Crippen LogP contribution is 2.20. The fraction of sp³-hybridized carbons (Fsp3) is 0.235. The topological polar surface area (TPSA) is 22.1 Å². The van der Waals surface area contributed by atoms with Gasteiger partial charge >= 0.3 is 0 Å². The molecule has 0 saturated heterocycles. The zero-order valence-corrected chi connectivity index (χ0v) is 12.5. The zero-order chi connectivity index (χ0) is 15.1. The molecule has 0 fully saturated rings. The highest BCUT2D eigenvalue weighted by atomic mass is 35.5. The molecule has 0 saturated carbocycles. The van der Waals surface area contributed by atoms with E-state index in [2.05, 4.69) is 16.8 Å². The van der Waals surface area contributed by atoms with E-state index >= 15 is 0 Å². The number of benzene rings is 1. The Balaban J connectivity index is 2.14. The molecule has 2 rings (SSSR count). The first kappa shape index (κ1) is 15.3. The predicted octanol–water partition coefficient (Wildman–Crippen LogP) is 4.09. The molecule has 0 N–H and O–H groups in total. The van der Waals surface area contributed by atoms with Crippen LogP contribution in [0.2, 0.25) is 0 Å². The van der Waals surface area contributed by atoms with Crippen molar-refractivity contribution in [3.8, 4) is 17.6 Å². The molecule has 0 aliphatic carbocycles. The quantitative estimate of drug-likeness (QED) is 0.627. The lowest BCUT2D eigenvalue weighted by Crippen LogP contribution is -2.00. The predicted molar refractivity (Wildman–Crippen MR) is 81.9 cm³/mol. The standard InChI is InChI=1S/C17H15ClFNO/c1-13-5-4-7-16(20-13)12-21-17-9-8-15(19)11-14(17)6-2-3-10-18/h4-5,7-9,11H,3,10,12H2,1H3. The molecule has 1 aromatic carbocycles. The number of hydrogen-bond acceptors (Lipinski definition) is 2. The van der Waals surface area contributed by atoms with Gasteiger partial charge in [0.15, 0.2) is 0 Å². The first-order valence-electron chi connectivity index (χ1n) is 6.59. The Morgan fingerprint density at radius 3 is 2.90 bits per heavy atom. The number of hydrogen-bond donors (Lipinski definition) is 0. The van der Waals surface area contributed by atoms with Crippen LogP contribution in [0.3, 0.4) is 0 Å². The van der Waals surface area contributed by atoms with E-state index in [1.54, 1.807) is 6.07 Å². The van der Waals surface area contributed by atoms with Gasteiger partial charge in [0, 0.05) is 18.0 Å². The fourth-order valence-corrected chi connectivity index (χ4v) is 1.86. The minimum atomic E-state index is -0.341. The monoisotopic (exact) mass is 303 g/mol. The second-order valence-corrected chi connectivity index (χ2v) is 4.82. The maximum absolute atomic E-state index is 13.3. The summed E-state index contributed by atoms with van der Waals surface area (Å²) in [5.74, 6) is 6.42. The number of aromatic nitrogens is 1. The van der Waals surface area contributed by atoms with Crippen molar-refractivity contribution in [2.24, 2.45) is 0 Å². The van der Waals surface area contributed by atoms with Crippen LogP contribution in [0.15, 0.2) is 36.4 Å². The summed E-state index contributed by atoms with van der Waals surface area (Å²) < 4.78 is 19.0. The van der Waals surface area contributed by atoms with E-state index < -0.39 is 0 Å². The van der Waals surface area contributed by atoms with Gasteiger partial charge in [-0.2, -0.15) is 0 Å². The molecule has 0 unspecified atom stereocenters. The van der Waals surface area contributed by atoms with Gasteiger partial charge < -0.3 is 4.74 Å². The van der Waals surface area contributed by atoms with Crippen LogP contribution in [0.1, 0.15) is 23.4 Å². The van der Waals surface area contributed by atoms with Crippen LogP contribution < -0.4 is 4.74 Å². The van der Waals surface area contributed by atoms with E-state index in [4.69, 9.17) is 16.3 Å². The molecule has 1 heterocycles. The average molecular weight is 304 g/mol. The third-order valence-electron chi connectivity index (χ3n) is 2.71. The van der Waals surface area contributed by atoms with Crippen molar-refractivity contribution in [1.29, 1.82) is 0 Å². The lowest BCUT2D eigenvalue weighted by Gasteiger charge is -2.08. The first-order valence-corrected chi connectivity index (χ1v) is 7.12. The van der Waals surface area contributed by atoms with Crippen molar-refractivity contribution in [2.75, 3.05) is 5.88 Å². The largest absolute Gasteiger partial charge is 0.486 e. The van der Waals surface area contributed by atoms with Crippen LogP contribution in [0.25, 0.3) is 0 Å². The number of pyridine rings is 1. The number of nitrogens with zero attached hydrogens (tertiary/aromatic N) is 1. The van der Waals surface area contributed by atoms with Crippen LogP contribution in [0, 0.1) is 24.6 Å². The summed E-state index contributed by atoms with van der Waals surface area (Å²) >= 11 is 5.58. The smallest absolute Gasteiger partial charge is 0.135 e. The Morgan fingerprint density at radius 1 is 1.29 bits per heavy atom. The molecule has 0 spiro atoms. The number of alkyl halides is 1. The van der Waals surface area contributed by atoms with Crippen molar-refractivity contribution in [2.45, 2.75) is 20.0 Å². The van der Waals surface area contributed by atoms with Crippen molar-refractivity contribution < 1.29 is 9.13 Å². The number of ether oxygens (including phenoxy) is 1. The summed E-state index contributed by atoms with van der Waals surface area (Å²) in [4.78, 5) is 4.36. The molecule has 2 nitrogen and oxygen atoms in total. The Kier molecular flexibility index (Phi) is 5.59. The number of aryl methyl sites for hydroxylation is 1.